The molecule has 2 aliphatic heterocycles. The van der Waals surface area contributed by atoms with Gasteiger partial charge in [-0.15, -0.1) is 0 Å². The van der Waals surface area contributed by atoms with Gasteiger partial charge in [-0.1, -0.05) is 0 Å². The molecule has 0 bridgehead atoms. The van der Waals surface area contributed by atoms with Gasteiger partial charge in [0.25, 0.3) is 0 Å². The Hall–Kier alpha value is -0.580. The van der Waals surface area contributed by atoms with Crippen LogP contribution in [0.25, 0.3) is 0 Å². The van der Waals surface area contributed by atoms with E-state index in [-0.39, 0.29) is 12.3 Å². The minimum absolute atomic E-state index is 0.0191. The van der Waals surface area contributed by atoms with Crippen molar-refractivity contribution >= 4 is 0 Å². The van der Waals surface area contributed by atoms with E-state index in [1.54, 1.807) is 6.26 Å². The van der Waals surface area contributed by atoms with E-state index >= 15 is 0 Å². The highest BCUT2D eigenvalue weighted by Crippen LogP contribution is 2.19. The van der Waals surface area contributed by atoms with Crippen LogP contribution >= 0.6 is 0 Å². The summed E-state index contributed by atoms with van der Waals surface area (Å²) in [6.45, 7) is 2.13. The first kappa shape index (κ1) is 8.99. The highest BCUT2D eigenvalue weighted by molar-refractivity contribution is 5.10. The fourth-order valence-corrected chi connectivity index (χ4v) is 1.58. The van der Waals surface area contributed by atoms with Crippen LogP contribution in [0, 0.1) is 0 Å². The van der Waals surface area contributed by atoms with Crippen molar-refractivity contribution < 1.29 is 14.2 Å². The lowest BCUT2D eigenvalue weighted by atomic mass is 10.0. The third-order valence-electron chi connectivity index (χ3n) is 2.36. The SMILES string of the molecule is NC(CC1OCCO1)C1=COCC1. The average Bonchev–Trinajstić information content (AvgIpc) is 2.74. The van der Waals surface area contributed by atoms with Gasteiger partial charge in [0, 0.05) is 18.9 Å². The molecule has 2 rings (SSSR count). The largest absolute Gasteiger partial charge is 0.501 e. The molecule has 13 heavy (non-hydrogen) atoms. The van der Waals surface area contributed by atoms with Crippen LogP contribution in [0.2, 0.25) is 0 Å². The van der Waals surface area contributed by atoms with Crippen LogP contribution in [0.3, 0.4) is 0 Å². The van der Waals surface area contributed by atoms with Crippen molar-refractivity contribution in [1.29, 1.82) is 0 Å². The summed E-state index contributed by atoms with van der Waals surface area (Å²) in [5.74, 6) is 0. The maximum Gasteiger partial charge on any atom is 0.159 e. The van der Waals surface area contributed by atoms with Crippen molar-refractivity contribution in [2.45, 2.75) is 25.2 Å². The molecule has 0 saturated carbocycles. The lowest BCUT2D eigenvalue weighted by molar-refractivity contribution is -0.0487. The highest BCUT2D eigenvalue weighted by atomic mass is 16.7. The maximum absolute atomic E-state index is 5.95. The molecule has 0 aliphatic carbocycles. The van der Waals surface area contributed by atoms with Crippen LogP contribution in [-0.2, 0) is 14.2 Å². The summed E-state index contributed by atoms with van der Waals surface area (Å²) in [5, 5.41) is 0. The maximum atomic E-state index is 5.95. The standard InChI is InChI=1S/C9H15NO3/c10-8(7-1-2-11-6-7)5-9-12-3-4-13-9/h6,8-9H,1-5,10H2. The summed E-state index contributed by atoms with van der Waals surface area (Å²) in [6.07, 6.45) is 3.32. The molecule has 1 unspecified atom stereocenters. The molecule has 1 atom stereocenters. The Morgan fingerprint density at radius 2 is 2.15 bits per heavy atom. The fraction of sp³-hybridized carbons (Fsp3) is 0.778. The zero-order valence-electron chi connectivity index (χ0n) is 7.57. The molecule has 1 fully saturated rings. The van der Waals surface area contributed by atoms with Gasteiger partial charge in [0.2, 0.25) is 0 Å². The van der Waals surface area contributed by atoms with E-state index in [2.05, 4.69) is 0 Å². The summed E-state index contributed by atoms with van der Waals surface area (Å²) in [5.41, 5.74) is 7.12. The van der Waals surface area contributed by atoms with Crippen molar-refractivity contribution in [3.05, 3.63) is 11.8 Å². The number of ether oxygens (including phenoxy) is 3. The lowest BCUT2D eigenvalue weighted by Gasteiger charge is -2.15. The van der Waals surface area contributed by atoms with Gasteiger partial charge in [-0.2, -0.15) is 0 Å². The zero-order valence-corrected chi connectivity index (χ0v) is 7.57. The van der Waals surface area contributed by atoms with Crippen LogP contribution < -0.4 is 5.73 Å². The molecule has 4 heteroatoms. The molecule has 2 aliphatic rings. The summed E-state index contributed by atoms with van der Waals surface area (Å²) in [6, 6.07) is 0.0191. The van der Waals surface area contributed by atoms with Crippen LogP contribution in [0.1, 0.15) is 12.8 Å². The second kappa shape index (κ2) is 4.09. The minimum Gasteiger partial charge on any atom is -0.501 e. The van der Waals surface area contributed by atoms with Gasteiger partial charge >= 0.3 is 0 Å². The van der Waals surface area contributed by atoms with Crippen molar-refractivity contribution in [1.82, 2.24) is 0 Å². The van der Waals surface area contributed by atoms with Crippen LogP contribution in [-0.4, -0.2) is 32.2 Å². The molecule has 0 aromatic heterocycles. The Kier molecular flexibility index (Phi) is 2.83. The van der Waals surface area contributed by atoms with E-state index in [1.807, 2.05) is 0 Å². The normalized spacial score (nSPS) is 25.8. The number of hydrogen-bond donors (Lipinski definition) is 1. The van der Waals surface area contributed by atoms with Gasteiger partial charge in [0.05, 0.1) is 26.1 Å². The van der Waals surface area contributed by atoms with E-state index < -0.39 is 0 Å². The quantitative estimate of drug-likeness (QED) is 0.690. The Morgan fingerprint density at radius 1 is 1.38 bits per heavy atom. The van der Waals surface area contributed by atoms with Crippen molar-refractivity contribution in [3.63, 3.8) is 0 Å². The van der Waals surface area contributed by atoms with Crippen LogP contribution in [0.4, 0.5) is 0 Å². The van der Waals surface area contributed by atoms with Crippen molar-refractivity contribution in [3.8, 4) is 0 Å². The molecule has 0 aromatic carbocycles. The van der Waals surface area contributed by atoms with Gasteiger partial charge < -0.3 is 19.9 Å². The monoisotopic (exact) mass is 185 g/mol. The Bertz CT molecular complexity index is 199. The molecule has 74 valence electrons. The zero-order chi connectivity index (χ0) is 9.10. The topological polar surface area (TPSA) is 53.7 Å². The molecule has 0 radical (unpaired) electrons. The minimum atomic E-state index is -0.114. The molecule has 0 spiro atoms. The second-order valence-electron chi connectivity index (χ2n) is 3.33. The highest BCUT2D eigenvalue weighted by Gasteiger charge is 2.22. The lowest BCUT2D eigenvalue weighted by Crippen LogP contribution is -2.28. The number of hydrogen-bond acceptors (Lipinski definition) is 4. The second-order valence-corrected chi connectivity index (χ2v) is 3.33. The molecule has 2 N–H and O–H groups in total. The number of nitrogens with two attached hydrogens (primary N) is 1. The molecule has 2 heterocycles. The molecule has 0 aromatic rings. The van der Waals surface area contributed by atoms with Crippen LogP contribution in [0.5, 0.6) is 0 Å². The Morgan fingerprint density at radius 3 is 2.77 bits per heavy atom. The Balaban J connectivity index is 1.79. The van der Waals surface area contributed by atoms with Gasteiger partial charge in [-0.05, 0) is 5.57 Å². The molecule has 0 amide bonds. The molecular weight excluding hydrogens is 170 g/mol. The van der Waals surface area contributed by atoms with Crippen LogP contribution in [0.15, 0.2) is 11.8 Å². The van der Waals surface area contributed by atoms with Gasteiger partial charge in [0.1, 0.15) is 0 Å². The fourth-order valence-electron chi connectivity index (χ4n) is 1.58. The first-order chi connectivity index (χ1) is 6.36. The summed E-state index contributed by atoms with van der Waals surface area (Å²) >= 11 is 0. The first-order valence-corrected chi connectivity index (χ1v) is 4.65. The Labute approximate surface area is 77.6 Å². The smallest absolute Gasteiger partial charge is 0.159 e. The van der Waals surface area contributed by atoms with Gasteiger partial charge in [-0.3, -0.25) is 0 Å². The van der Waals surface area contributed by atoms with E-state index in [9.17, 15) is 0 Å². The first-order valence-electron chi connectivity index (χ1n) is 4.65. The summed E-state index contributed by atoms with van der Waals surface area (Å²) in [4.78, 5) is 0. The van der Waals surface area contributed by atoms with E-state index in [0.717, 1.165) is 19.4 Å². The number of rotatable bonds is 3. The van der Waals surface area contributed by atoms with Crippen molar-refractivity contribution in [2.24, 2.45) is 5.73 Å². The van der Waals surface area contributed by atoms with Gasteiger partial charge in [-0.25, -0.2) is 0 Å². The predicted molar refractivity (Wildman–Crippen MR) is 46.9 cm³/mol. The average molecular weight is 185 g/mol. The molecular formula is C9H15NO3. The molecule has 1 saturated heterocycles. The molecule has 4 nitrogen and oxygen atoms in total. The third kappa shape index (κ3) is 2.21. The van der Waals surface area contributed by atoms with E-state index in [0.29, 0.717) is 13.2 Å². The summed E-state index contributed by atoms with van der Waals surface area (Å²) in [7, 11) is 0. The third-order valence-corrected chi connectivity index (χ3v) is 2.36. The van der Waals surface area contributed by atoms with Gasteiger partial charge in [0.15, 0.2) is 6.29 Å². The van der Waals surface area contributed by atoms with Crippen molar-refractivity contribution in [2.75, 3.05) is 19.8 Å². The van der Waals surface area contributed by atoms with E-state index in [1.165, 1.54) is 5.57 Å². The van der Waals surface area contributed by atoms with E-state index in [4.69, 9.17) is 19.9 Å². The summed E-state index contributed by atoms with van der Waals surface area (Å²) < 4.78 is 15.7. The predicted octanol–water partition coefficient (Wildman–Crippen LogP) is 0.381.